The van der Waals surface area contributed by atoms with E-state index in [4.69, 9.17) is 25.2 Å². The quantitative estimate of drug-likeness (QED) is 0.300. The highest BCUT2D eigenvalue weighted by Gasteiger charge is 2.48. The maximum Gasteiger partial charge on any atom is 0.159 e. The monoisotopic (exact) mass is 669 g/mol. The Labute approximate surface area is 289 Å². The second-order valence-electron chi connectivity index (χ2n) is 15.0. The van der Waals surface area contributed by atoms with Crippen LogP contribution >= 0.6 is 0 Å². The number of hydrogen-bond acceptors (Lipinski definition) is 12. The zero-order valence-corrected chi connectivity index (χ0v) is 29.0. The topological polar surface area (TPSA) is 128 Å². The van der Waals surface area contributed by atoms with Crippen LogP contribution < -0.4 is 25.6 Å². The SMILES string of the molecule is COc1cccnc1-c1nc(C(N)O)c(Nc2ccc(N3CCC(N4CC5(CCN(C)CC5)C4)CC3)cc2)nc1N1CCC12CCOCC2. The van der Waals surface area contributed by atoms with Crippen LogP contribution in [0.25, 0.3) is 11.4 Å². The summed E-state index contributed by atoms with van der Waals surface area (Å²) in [4.78, 5) is 24.8. The molecule has 1 aromatic carbocycles. The van der Waals surface area contributed by atoms with Gasteiger partial charge in [-0.1, -0.05) is 0 Å². The summed E-state index contributed by atoms with van der Waals surface area (Å²) in [6.45, 7) is 9.52. The molecule has 0 aliphatic carbocycles. The van der Waals surface area contributed by atoms with Gasteiger partial charge in [0.15, 0.2) is 11.6 Å². The van der Waals surface area contributed by atoms with Crippen molar-refractivity contribution in [2.45, 2.75) is 62.8 Å². The fourth-order valence-electron chi connectivity index (χ4n) is 8.82. The zero-order valence-electron chi connectivity index (χ0n) is 29.0. The molecule has 0 saturated carbocycles. The molecule has 5 fully saturated rings. The number of piperidine rings is 2. The molecule has 5 aliphatic heterocycles. The number of aromatic nitrogens is 3. The van der Waals surface area contributed by atoms with Crippen molar-refractivity contribution >= 4 is 23.0 Å². The standard InChI is InChI=1S/C37H51N9O3/c1-43-19-11-36(12-20-43)24-45(25-36)28-9-17-44(18-10-28)27-7-5-26(6-8-27)40-34-32(33(38)47)41-31(30-29(48-2)4-3-16-39-30)35(42-34)46-21-13-37(46)14-22-49-23-15-37/h3-8,16,28,33,47H,9-15,17-25,38H2,1-2H3,(H,40,42). The van der Waals surface area contributed by atoms with E-state index in [2.05, 4.69) is 61.2 Å². The van der Waals surface area contributed by atoms with E-state index in [1.807, 2.05) is 12.1 Å². The van der Waals surface area contributed by atoms with Crippen molar-refractivity contribution in [3.05, 3.63) is 48.3 Å². The van der Waals surface area contributed by atoms with Gasteiger partial charge >= 0.3 is 0 Å². The lowest BCUT2D eigenvalue weighted by atomic mass is 9.71. The lowest BCUT2D eigenvalue weighted by Crippen LogP contribution is -2.63. The second-order valence-corrected chi connectivity index (χ2v) is 15.0. The Kier molecular flexibility index (Phi) is 8.86. The van der Waals surface area contributed by atoms with Gasteiger partial charge in [-0.15, -0.1) is 0 Å². The lowest BCUT2D eigenvalue weighted by molar-refractivity contribution is -0.0704. The van der Waals surface area contributed by atoms with E-state index >= 15 is 0 Å². The summed E-state index contributed by atoms with van der Waals surface area (Å²) in [5, 5.41) is 14.2. The predicted molar refractivity (Wildman–Crippen MR) is 191 cm³/mol. The van der Waals surface area contributed by atoms with Crippen LogP contribution in [0.15, 0.2) is 42.6 Å². The van der Waals surface area contributed by atoms with Crippen LogP contribution in [0.1, 0.15) is 56.9 Å². The number of benzene rings is 1. The number of aliphatic hydroxyl groups is 1. The normalized spacial score (nSPS) is 23.3. The number of nitrogens with one attached hydrogen (secondary N) is 1. The highest BCUT2D eigenvalue weighted by molar-refractivity contribution is 5.78. The number of hydrogen-bond donors (Lipinski definition) is 3. The summed E-state index contributed by atoms with van der Waals surface area (Å²) in [7, 11) is 3.87. The minimum absolute atomic E-state index is 0.0388. The van der Waals surface area contributed by atoms with Crippen molar-refractivity contribution in [2.75, 3.05) is 88.3 Å². The highest BCUT2D eigenvalue weighted by atomic mass is 16.5. The molecule has 3 aromatic rings. The molecule has 262 valence electrons. The Bertz CT molecular complexity index is 1610. The first-order chi connectivity index (χ1) is 23.9. The third kappa shape index (κ3) is 6.22. The predicted octanol–water partition coefficient (Wildman–Crippen LogP) is 4.00. The van der Waals surface area contributed by atoms with Gasteiger partial charge in [-0.2, -0.15) is 0 Å². The van der Waals surface area contributed by atoms with E-state index < -0.39 is 6.23 Å². The van der Waals surface area contributed by atoms with Gasteiger partial charge in [-0.3, -0.25) is 9.88 Å². The Hall–Kier alpha value is -3.55. The maximum absolute atomic E-state index is 10.7. The number of likely N-dealkylation sites (tertiary alicyclic amines) is 2. The molecule has 12 nitrogen and oxygen atoms in total. The number of aliphatic hydroxyl groups excluding tert-OH is 1. The lowest BCUT2D eigenvalue weighted by Gasteiger charge is -2.57. The number of pyridine rings is 1. The summed E-state index contributed by atoms with van der Waals surface area (Å²) in [5.41, 5.74) is 10.1. The van der Waals surface area contributed by atoms with Gasteiger partial charge in [-0.05, 0) is 107 Å². The fraction of sp³-hybridized carbons (Fsp3) is 0.595. The van der Waals surface area contributed by atoms with Gasteiger partial charge in [0.2, 0.25) is 0 Å². The number of nitrogens with two attached hydrogens (primary N) is 1. The van der Waals surface area contributed by atoms with Gasteiger partial charge < -0.3 is 40.3 Å². The first-order valence-electron chi connectivity index (χ1n) is 18.1. The summed E-state index contributed by atoms with van der Waals surface area (Å²) >= 11 is 0. The Morgan fingerprint density at radius 2 is 1.67 bits per heavy atom. The van der Waals surface area contributed by atoms with Crippen LogP contribution in [0, 0.1) is 5.41 Å². The van der Waals surface area contributed by atoms with Crippen molar-refractivity contribution in [2.24, 2.45) is 11.1 Å². The van der Waals surface area contributed by atoms with E-state index in [-0.39, 0.29) is 11.2 Å². The average molecular weight is 670 g/mol. The summed E-state index contributed by atoms with van der Waals surface area (Å²) in [6.07, 6.45) is 8.43. The van der Waals surface area contributed by atoms with Crippen molar-refractivity contribution in [3.63, 3.8) is 0 Å². The molecular weight excluding hydrogens is 618 g/mol. The van der Waals surface area contributed by atoms with E-state index in [1.165, 1.54) is 57.5 Å². The van der Waals surface area contributed by atoms with Crippen LogP contribution in [-0.4, -0.2) is 115 Å². The molecule has 8 rings (SSSR count). The molecule has 49 heavy (non-hydrogen) atoms. The Morgan fingerprint density at radius 1 is 0.939 bits per heavy atom. The third-order valence-corrected chi connectivity index (χ3v) is 12.1. The van der Waals surface area contributed by atoms with Crippen molar-refractivity contribution in [1.82, 2.24) is 24.8 Å². The fourth-order valence-corrected chi connectivity index (χ4v) is 8.82. The molecule has 2 spiro atoms. The third-order valence-electron chi connectivity index (χ3n) is 12.1. The summed E-state index contributed by atoms with van der Waals surface area (Å²) in [5.74, 6) is 1.73. The van der Waals surface area contributed by atoms with E-state index in [1.54, 1.807) is 13.3 Å². The molecule has 7 heterocycles. The molecule has 4 N–H and O–H groups in total. The van der Waals surface area contributed by atoms with Crippen LogP contribution in [0.2, 0.25) is 0 Å². The summed E-state index contributed by atoms with van der Waals surface area (Å²) in [6, 6.07) is 12.9. The Balaban J connectivity index is 0.995. The molecule has 5 aliphatic rings. The number of rotatable bonds is 8. The van der Waals surface area contributed by atoms with Crippen LogP contribution in [-0.2, 0) is 4.74 Å². The van der Waals surface area contributed by atoms with Crippen molar-refractivity contribution < 1.29 is 14.6 Å². The van der Waals surface area contributed by atoms with Crippen LogP contribution in [0.5, 0.6) is 5.75 Å². The minimum Gasteiger partial charge on any atom is -0.494 e. The smallest absolute Gasteiger partial charge is 0.159 e. The highest BCUT2D eigenvalue weighted by Crippen LogP contribution is 2.47. The number of methoxy groups -OCH3 is 1. The van der Waals surface area contributed by atoms with Crippen LogP contribution in [0.4, 0.5) is 23.0 Å². The molecule has 12 heteroatoms. The number of anilines is 4. The van der Waals surface area contributed by atoms with E-state index in [0.717, 1.165) is 57.8 Å². The van der Waals surface area contributed by atoms with Crippen LogP contribution in [0.3, 0.4) is 0 Å². The zero-order chi connectivity index (χ0) is 33.6. The maximum atomic E-state index is 10.7. The van der Waals surface area contributed by atoms with Gasteiger partial charge in [-0.25, -0.2) is 9.97 Å². The minimum atomic E-state index is -1.34. The van der Waals surface area contributed by atoms with Gasteiger partial charge in [0.05, 0.1) is 7.11 Å². The Morgan fingerprint density at radius 3 is 2.33 bits per heavy atom. The van der Waals surface area contributed by atoms with E-state index in [9.17, 15) is 5.11 Å². The van der Waals surface area contributed by atoms with E-state index in [0.29, 0.717) is 40.2 Å². The molecule has 0 bridgehead atoms. The second kappa shape index (κ2) is 13.3. The number of nitrogens with zero attached hydrogens (tertiary/aromatic N) is 7. The van der Waals surface area contributed by atoms with Gasteiger partial charge in [0.25, 0.3) is 0 Å². The molecular formula is C37H51N9O3. The summed E-state index contributed by atoms with van der Waals surface area (Å²) < 4.78 is 11.4. The average Bonchev–Trinajstić information content (AvgIpc) is 3.11. The van der Waals surface area contributed by atoms with Crippen molar-refractivity contribution in [1.29, 1.82) is 0 Å². The molecule has 0 radical (unpaired) electrons. The first-order valence-corrected chi connectivity index (χ1v) is 18.1. The molecule has 1 atom stereocenters. The first kappa shape index (κ1) is 32.6. The molecule has 0 amide bonds. The van der Waals surface area contributed by atoms with Gasteiger partial charge in [0, 0.05) is 75.1 Å². The molecule has 2 aromatic heterocycles. The van der Waals surface area contributed by atoms with Gasteiger partial charge in [0.1, 0.15) is 29.1 Å². The largest absolute Gasteiger partial charge is 0.494 e. The molecule has 5 saturated heterocycles. The van der Waals surface area contributed by atoms with Crippen molar-refractivity contribution in [3.8, 4) is 17.1 Å². The number of ether oxygens (including phenoxy) is 2. The molecule has 1 unspecified atom stereocenters.